The summed E-state index contributed by atoms with van der Waals surface area (Å²) in [5, 5.41) is 4.85. The molecule has 0 radical (unpaired) electrons. The van der Waals surface area contributed by atoms with Gasteiger partial charge in [-0.05, 0) is 29.1 Å². The Morgan fingerprint density at radius 3 is 2.70 bits per heavy atom. The van der Waals surface area contributed by atoms with E-state index in [0.717, 1.165) is 44.0 Å². The van der Waals surface area contributed by atoms with Crippen molar-refractivity contribution in [2.45, 2.75) is 0 Å². The molecule has 0 saturated carbocycles. The SMILES string of the molecule is O=C(NCCN1CCOCC1)c1sccc1-c1ccc(F)cc1. The van der Waals surface area contributed by atoms with Crippen LogP contribution >= 0.6 is 11.3 Å². The Morgan fingerprint density at radius 2 is 1.96 bits per heavy atom. The molecular formula is C17H19FN2O2S. The quantitative estimate of drug-likeness (QED) is 0.914. The molecule has 1 saturated heterocycles. The van der Waals surface area contributed by atoms with Gasteiger partial charge in [-0.3, -0.25) is 9.69 Å². The van der Waals surface area contributed by atoms with Gasteiger partial charge >= 0.3 is 0 Å². The van der Waals surface area contributed by atoms with Crippen molar-refractivity contribution in [3.63, 3.8) is 0 Å². The average molecular weight is 334 g/mol. The summed E-state index contributed by atoms with van der Waals surface area (Å²) in [6, 6.07) is 8.11. The molecule has 2 heterocycles. The van der Waals surface area contributed by atoms with Crippen LogP contribution in [0.2, 0.25) is 0 Å². The third-order valence-electron chi connectivity index (χ3n) is 3.84. The van der Waals surface area contributed by atoms with Crippen molar-refractivity contribution < 1.29 is 13.9 Å². The van der Waals surface area contributed by atoms with Crippen LogP contribution in [-0.4, -0.2) is 50.2 Å². The molecule has 3 rings (SSSR count). The monoisotopic (exact) mass is 334 g/mol. The number of rotatable bonds is 5. The summed E-state index contributed by atoms with van der Waals surface area (Å²) in [5.74, 6) is -0.354. The molecule has 1 amide bonds. The Bertz CT molecular complexity index is 651. The van der Waals surface area contributed by atoms with Crippen molar-refractivity contribution >= 4 is 17.2 Å². The lowest BCUT2D eigenvalue weighted by Gasteiger charge is -2.26. The third kappa shape index (κ3) is 4.16. The van der Waals surface area contributed by atoms with Gasteiger partial charge in [0.1, 0.15) is 5.82 Å². The standard InChI is InChI=1S/C17H19FN2O2S/c18-14-3-1-13(2-4-14)15-5-12-23-16(15)17(21)19-6-7-20-8-10-22-11-9-20/h1-5,12H,6-11H2,(H,19,21). The number of ether oxygens (including phenoxy) is 1. The van der Waals surface area contributed by atoms with E-state index >= 15 is 0 Å². The van der Waals surface area contributed by atoms with E-state index in [4.69, 9.17) is 4.74 Å². The Morgan fingerprint density at radius 1 is 1.22 bits per heavy atom. The summed E-state index contributed by atoms with van der Waals surface area (Å²) in [7, 11) is 0. The zero-order chi connectivity index (χ0) is 16.1. The summed E-state index contributed by atoms with van der Waals surface area (Å²) in [4.78, 5) is 15.3. The first-order chi connectivity index (χ1) is 11.2. The number of carbonyl (C=O) groups excluding carboxylic acids is 1. The lowest BCUT2D eigenvalue weighted by atomic mass is 10.1. The normalized spacial score (nSPS) is 15.5. The number of nitrogens with one attached hydrogen (secondary N) is 1. The molecule has 122 valence electrons. The maximum atomic E-state index is 13.0. The Hall–Kier alpha value is -1.76. The minimum Gasteiger partial charge on any atom is -0.379 e. The van der Waals surface area contributed by atoms with E-state index in [9.17, 15) is 9.18 Å². The Balaban J connectivity index is 1.59. The number of amides is 1. The van der Waals surface area contributed by atoms with Gasteiger partial charge in [-0.25, -0.2) is 4.39 Å². The van der Waals surface area contributed by atoms with Gasteiger partial charge in [0.05, 0.1) is 18.1 Å². The Labute approximate surface area is 138 Å². The fourth-order valence-electron chi connectivity index (χ4n) is 2.57. The summed E-state index contributed by atoms with van der Waals surface area (Å²) in [6.07, 6.45) is 0. The van der Waals surface area contributed by atoms with E-state index in [1.165, 1.54) is 23.5 Å². The van der Waals surface area contributed by atoms with E-state index < -0.39 is 0 Å². The number of morpholine rings is 1. The molecule has 0 bridgehead atoms. The lowest BCUT2D eigenvalue weighted by molar-refractivity contribution is 0.0383. The third-order valence-corrected chi connectivity index (χ3v) is 4.76. The van der Waals surface area contributed by atoms with Crippen molar-refractivity contribution in [1.29, 1.82) is 0 Å². The van der Waals surface area contributed by atoms with Gasteiger partial charge in [0, 0.05) is 31.7 Å². The van der Waals surface area contributed by atoms with E-state index in [2.05, 4.69) is 10.2 Å². The zero-order valence-corrected chi connectivity index (χ0v) is 13.6. The molecule has 1 aromatic carbocycles. The van der Waals surface area contributed by atoms with Crippen molar-refractivity contribution in [3.8, 4) is 11.1 Å². The molecule has 1 aromatic heterocycles. The largest absolute Gasteiger partial charge is 0.379 e. The molecule has 0 unspecified atom stereocenters. The van der Waals surface area contributed by atoms with Crippen LogP contribution < -0.4 is 5.32 Å². The van der Waals surface area contributed by atoms with Gasteiger partial charge in [-0.1, -0.05) is 12.1 Å². The van der Waals surface area contributed by atoms with Crippen LogP contribution in [0, 0.1) is 5.82 Å². The first kappa shape index (κ1) is 16.1. The van der Waals surface area contributed by atoms with Crippen LogP contribution in [0.1, 0.15) is 9.67 Å². The summed E-state index contributed by atoms with van der Waals surface area (Å²) in [5.41, 5.74) is 1.70. The summed E-state index contributed by atoms with van der Waals surface area (Å²) in [6.45, 7) is 4.78. The molecule has 2 aromatic rings. The minimum absolute atomic E-state index is 0.0763. The van der Waals surface area contributed by atoms with Gasteiger partial charge in [-0.2, -0.15) is 0 Å². The molecule has 1 N–H and O–H groups in total. The maximum absolute atomic E-state index is 13.0. The molecular weight excluding hydrogens is 315 g/mol. The first-order valence-corrected chi connectivity index (χ1v) is 8.54. The second-order valence-corrected chi connectivity index (χ2v) is 6.30. The summed E-state index contributed by atoms with van der Waals surface area (Å²) < 4.78 is 18.3. The maximum Gasteiger partial charge on any atom is 0.262 e. The van der Waals surface area contributed by atoms with Crippen molar-refractivity contribution in [2.75, 3.05) is 39.4 Å². The van der Waals surface area contributed by atoms with Crippen LogP contribution in [0.5, 0.6) is 0 Å². The van der Waals surface area contributed by atoms with E-state index in [-0.39, 0.29) is 11.7 Å². The van der Waals surface area contributed by atoms with E-state index in [0.29, 0.717) is 11.4 Å². The predicted octanol–water partition coefficient (Wildman–Crippen LogP) is 2.62. The van der Waals surface area contributed by atoms with Gasteiger partial charge in [0.25, 0.3) is 5.91 Å². The van der Waals surface area contributed by atoms with Crippen molar-refractivity contribution in [2.24, 2.45) is 0 Å². The molecule has 6 heteroatoms. The molecule has 23 heavy (non-hydrogen) atoms. The second-order valence-electron chi connectivity index (χ2n) is 5.38. The number of thiophene rings is 1. The van der Waals surface area contributed by atoms with Gasteiger partial charge < -0.3 is 10.1 Å². The molecule has 1 aliphatic rings. The summed E-state index contributed by atoms with van der Waals surface area (Å²) >= 11 is 1.40. The lowest BCUT2D eigenvalue weighted by Crippen LogP contribution is -2.41. The fourth-order valence-corrected chi connectivity index (χ4v) is 3.41. The highest BCUT2D eigenvalue weighted by atomic mass is 32.1. The fraction of sp³-hybridized carbons (Fsp3) is 0.353. The van der Waals surface area contributed by atoms with Crippen LogP contribution in [0.3, 0.4) is 0 Å². The molecule has 0 atom stereocenters. The molecule has 4 nitrogen and oxygen atoms in total. The smallest absolute Gasteiger partial charge is 0.262 e. The van der Waals surface area contributed by atoms with Crippen molar-refractivity contribution in [1.82, 2.24) is 10.2 Å². The first-order valence-electron chi connectivity index (χ1n) is 7.66. The van der Waals surface area contributed by atoms with Gasteiger partial charge in [0.2, 0.25) is 0 Å². The number of hydrogen-bond donors (Lipinski definition) is 1. The molecule has 1 aliphatic heterocycles. The highest BCUT2D eigenvalue weighted by molar-refractivity contribution is 7.12. The van der Waals surface area contributed by atoms with Crippen LogP contribution in [0.4, 0.5) is 4.39 Å². The average Bonchev–Trinajstić information content (AvgIpc) is 3.06. The van der Waals surface area contributed by atoms with Crippen LogP contribution in [0.25, 0.3) is 11.1 Å². The second kappa shape index (κ2) is 7.68. The topological polar surface area (TPSA) is 41.6 Å². The van der Waals surface area contributed by atoms with E-state index in [1.54, 1.807) is 12.1 Å². The van der Waals surface area contributed by atoms with Gasteiger partial charge in [0.15, 0.2) is 0 Å². The van der Waals surface area contributed by atoms with E-state index in [1.807, 2.05) is 11.4 Å². The van der Waals surface area contributed by atoms with Crippen molar-refractivity contribution in [3.05, 3.63) is 46.4 Å². The number of hydrogen-bond acceptors (Lipinski definition) is 4. The predicted molar refractivity (Wildman–Crippen MR) is 89.3 cm³/mol. The Kier molecular flexibility index (Phi) is 5.38. The number of carbonyl (C=O) groups is 1. The minimum atomic E-state index is -0.277. The zero-order valence-electron chi connectivity index (χ0n) is 12.8. The highest BCUT2D eigenvalue weighted by Crippen LogP contribution is 2.28. The number of halogens is 1. The molecule has 0 spiro atoms. The van der Waals surface area contributed by atoms with Gasteiger partial charge in [-0.15, -0.1) is 11.3 Å². The van der Waals surface area contributed by atoms with Crippen LogP contribution in [-0.2, 0) is 4.74 Å². The van der Waals surface area contributed by atoms with Crippen LogP contribution in [0.15, 0.2) is 35.7 Å². The molecule has 0 aliphatic carbocycles. The highest BCUT2D eigenvalue weighted by Gasteiger charge is 2.15. The number of nitrogens with zero attached hydrogens (tertiary/aromatic N) is 1. The molecule has 1 fully saturated rings. The number of benzene rings is 1.